The van der Waals surface area contributed by atoms with E-state index in [1.165, 1.54) is 33.3 Å². The number of hydrogen-bond donors (Lipinski definition) is 0. The highest BCUT2D eigenvalue weighted by molar-refractivity contribution is 5.75. The van der Waals surface area contributed by atoms with E-state index in [1.807, 2.05) is 18.7 Å². The van der Waals surface area contributed by atoms with E-state index in [0.717, 1.165) is 30.5 Å². The Morgan fingerprint density at radius 1 is 0.833 bits per heavy atom. The monoisotopic (exact) mass is 396 g/mol. The summed E-state index contributed by atoms with van der Waals surface area (Å²) in [5, 5.41) is 0. The third kappa shape index (κ3) is 2.98. The van der Waals surface area contributed by atoms with Crippen molar-refractivity contribution in [2.75, 3.05) is 0 Å². The SMILES string of the molecule is CC1=C(Cn2cnc3ccccc32)C(C)=C(C)C(C)(Cn2cnc3ccccc32)C1. The van der Waals surface area contributed by atoms with Crippen LogP contribution in [0.15, 0.2) is 83.5 Å². The molecule has 0 spiro atoms. The van der Waals surface area contributed by atoms with Crippen LogP contribution in [0.5, 0.6) is 0 Å². The second-order valence-electron chi connectivity index (χ2n) is 8.97. The number of nitrogens with zero attached hydrogens (tertiary/aromatic N) is 4. The minimum Gasteiger partial charge on any atom is -0.330 e. The standard InChI is InChI=1S/C26H28N4/c1-18-13-26(4,15-30-17-28-23-10-6-8-12-25(23)30)20(3)19(2)21(18)14-29-16-27-22-9-5-7-11-24(22)29/h5-12,16-17H,13-15H2,1-4H3. The van der Waals surface area contributed by atoms with Crippen molar-refractivity contribution in [2.24, 2.45) is 5.41 Å². The predicted molar refractivity (Wildman–Crippen MR) is 123 cm³/mol. The Hall–Kier alpha value is -3.14. The van der Waals surface area contributed by atoms with Crippen molar-refractivity contribution >= 4 is 22.1 Å². The van der Waals surface area contributed by atoms with Crippen molar-refractivity contribution in [3.05, 3.63) is 83.5 Å². The van der Waals surface area contributed by atoms with Gasteiger partial charge in [0.1, 0.15) is 0 Å². The first-order valence-corrected chi connectivity index (χ1v) is 10.6. The summed E-state index contributed by atoms with van der Waals surface area (Å²) in [6, 6.07) is 16.8. The van der Waals surface area contributed by atoms with E-state index in [0.29, 0.717) is 0 Å². The number of rotatable bonds is 4. The highest BCUT2D eigenvalue weighted by Gasteiger charge is 2.34. The van der Waals surface area contributed by atoms with Crippen LogP contribution in [0.1, 0.15) is 34.1 Å². The fourth-order valence-corrected chi connectivity index (χ4v) is 5.07. The largest absolute Gasteiger partial charge is 0.330 e. The quantitative estimate of drug-likeness (QED) is 0.415. The van der Waals surface area contributed by atoms with Gasteiger partial charge < -0.3 is 9.13 Å². The maximum absolute atomic E-state index is 4.60. The van der Waals surface area contributed by atoms with E-state index in [-0.39, 0.29) is 5.41 Å². The zero-order chi connectivity index (χ0) is 20.9. The van der Waals surface area contributed by atoms with Crippen LogP contribution in [0.4, 0.5) is 0 Å². The molecule has 0 fully saturated rings. The topological polar surface area (TPSA) is 35.6 Å². The molecule has 0 N–H and O–H groups in total. The molecule has 152 valence electrons. The molecule has 0 saturated carbocycles. The van der Waals surface area contributed by atoms with Crippen LogP contribution in [-0.4, -0.2) is 19.1 Å². The lowest BCUT2D eigenvalue weighted by Gasteiger charge is -2.38. The second-order valence-corrected chi connectivity index (χ2v) is 8.97. The smallest absolute Gasteiger partial charge is 0.0961 e. The maximum atomic E-state index is 4.60. The van der Waals surface area contributed by atoms with Crippen molar-refractivity contribution in [1.82, 2.24) is 19.1 Å². The minimum atomic E-state index is 0.0815. The molecule has 1 unspecified atom stereocenters. The van der Waals surface area contributed by atoms with E-state index < -0.39 is 0 Å². The van der Waals surface area contributed by atoms with E-state index in [4.69, 9.17) is 0 Å². The van der Waals surface area contributed by atoms with Crippen LogP contribution in [0.25, 0.3) is 22.1 Å². The third-order valence-electron chi connectivity index (χ3n) is 6.99. The fraction of sp³-hybridized carbons (Fsp3) is 0.308. The van der Waals surface area contributed by atoms with Crippen molar-refractivity contribution in [3.8, 4) is 0 Å². The van der Waals surface area contributed by atoms with E-state index in [1.54, 1.807) is 0 Å². The summed E-state index contributed by atoms with van der Waals surface area (Å²) in [5.41, 5.74) is 10.4. The molecule has 2 aromatic heterocycles. The van der Waals surface area contributed by atoms with Gasteiger partial charge in [-0.1, -0.05) is 42.3 Å². The van der Waals surface area contributed by atoms with Crippen molar-refractivity contribution < 1.29 is 0 Å². The summed E-state index contributed by atoms with van der Waals surface area (Å²) in [7, 11) is 0. The number of imidazole rings is 2. The van der Waals surface area contributed by atoms with Crippen molar-refractivity contribution in [2.45, 2.75) is 47.2 Å². The Bertz CT molecular complexity index is 1320. The van der Waals surface area contributed by atoms with Gasteiger partial charge in [0.05, 0.1) is 34.7 Å². The molecule has 30 heavy (non-hydrogen) atoms. The highest BCUT2D eigenvalue weighted by Crippen LogP contribution is 2.45. The van der Waals surface area contributed by atoms with Gasteiger partial charge in [-0.25, -0.2) is 9.97 Å². The Morgan fingerprint density at radius 3 is 2.07 bits per heavy atom. The fourth-order valence-electron chi connectivity index (χ4n) is 5.07. The molecule has 1 aliphatic carbocycles. The summed E-state index contributed by atoms with van der Waals surface area (Å²) in [6.45, 7) is 11.1. The first kappa shape index (κ1) is 18.9. The summed E-state index contributed by atoms with van der Waals surface area (Å²) in [5.74, 6) is 0. The van der Waals surface area contributed by atoms with Crippen LogP contribution >= 0.6 is 0 Å². The van der Waals surface area contributed by atoms with Gasteiger partial charge in [-0.05, 0) is 62.6 Å². The number of allylic oxidation sites excluding steroid dienone is 4. The number of para-hydroxylation sites is 4. The number of aromatic nitrogens is 4. The van der Waals surface area contributed by atoms with Crippen LogP contribution in [0, 0.1) is 5.41 Å². The second kappa shape index (κ2) is 6.98. The first-order valence-electron chi connectivity index (χ1n) is 10.6. The zero-order valence-electron chi connectivity index (χ0n) is 18.2. The third-order valence-corrected chi connectivity index (χ3v) is 6.99. The Morgan fingerprint density at radius 2 is 1.40 bits per heavy atom. The van der Waals surface area contributed by atoms with E-state index in [9.17, 15) is 0 Å². The van der Waals surface area contributed by atoms with Crippen LogP contribution in [0.2, 0.25) is 0 Å². The molecule has 0 aliphatic heterocycles. The Balaban J connectivity index is 1.48. The summed E-state index contributed by atoms with van der Waals surface area (Å²) < 4.78 is 4.59. The van der Waals surface area contributed by atoms with E-state index >= 15 is 0 Å². The van der Waals surface area contributed by atoms with Gasteiger partial charge in [-0.2, -0.15) is 0 Å². The molecular weight excluding hydrogens is 368 g/mol. The zero-order valence-corrected chi connectivity index (χ0v) is 18.2. The number of benzene rings is 2. The average Bonchev–Trinajstić information content (AvgIpc) is 3.34. The molecule has 4 heteroatoms. The van der Waals surface area contributed by atoms with Gasteiger partial charge in [0.2, 0.25) is 0 Å². The van der Waals surface area contributed by atoms with Crippen LogP contribution in [0.3, 0.4) is 0 Å². The molecule has 1 atom stereocenters. The average molecular weight is 397 g/mol. The molecule has 4 nitrogen and oxygen atoms in total. The lowest BCUT2D eigenvalue weighted by Crippen LogP contribution is -2.29. The maximum Gasteiger partial charge on any atom is 0.0961 e. The minimum absolute atomic E-state index is 0.0815. The lowest BCUT2D eigenvalue weighted by atomic mass is 9.69. The van der Waals surface area contributed by atoms with Gasteiger partial charge in [-0.15, -0.1) is 0 Å². The predicted octanol–water partition coefficient (Wildman–Crippen LogP) is 6.15. The van der Waals surface area contributed by atoms with Crippen molar-refractivity contribution in [3.63, 3.8) is 0 Å². The number of fused-ring (bicyclic) bond motifs is 2. The first-order chi connectivity index (χ1) is 14.5. The molecule has 2 heterocycles. The summed E-state index contributed by atoms with van der Waals surface area (Å²) >= 11 is 0. The van der Waals surface area contributed by atoms with E-state index in [2.05, 4.69) is 89.3 Å². The molecule has 0 bridgehead atoms. The number of hydrogen-bond acceptors (Lipinski definition) is 2. The molecule has 0 radical (unpaired) electrons. The van der Waals surface area contributed by atoms with Gasteiger partial charge >= 0.3 is 0 Å². The molecule has 2 aromatic carbocycles. The van der Waals surface area contributed by atoms with Crippen LogP contribution in [-0.2, 0) is 13.1 Å². The van der Waals surface area contributed by atoms with Gasteiger partial charge in [0.15, 0.2) is 0 Å². The van der Waals surface area contributed by atoms with Gasteiger partial charge in [0, 0.05) is 18.5 Å². The molecule has 1 aliphatic rings. The summed E-state index contributed by atoms with van der Waals surface area (Å²) in [4.78, 5) is 9.17. The highest BCUT2D eigenvalue weighted by atomic mass is 15.1. The van der Waals surface area contributed by atoms with Crippen molar-refractivity contribution in [1.29, 1.82) is 0 Å². The lowest BCUT2D eigenvalue weighted by molar-refractivity contribution is 0.324. The van der Waals surface area contributed by atoms with Gasteiger partial charge in [-0.3, -0.25) is 0 Å². The van der Waals surface area contributed by atoms with Crippen LogP contribution < -0.4 is 0 Å². The molecule has 0 saturated heterocycles. The molecule has 0 amide bonds. The summed E-state index contributed by atoms with van der Waals surface area (Å²) in [6.07, 6.45) is 5.02. The Kier molecular flexibility index (Phi) is 4.39. The Labute approximate surface area is 177 Å². The molecule has 5 rings (SSSR count). The molecule has 4 aromatic rings. The molecular formula is C26H28N4. The van der Waals surface area contributed by atoms with Gasteiger partial charge in [0.25, 0.3) is 0 Å². The normalized spacial score (nSPS) is 20.0.